The zero-order valence-electron chi connectivity index (χ0n) is 8.11. The number of hydrogen-bond acceptors (Lipinski definition) is 2. The van der Waals surface area contributed by atoms with E-state index in [4.69, 9.17) is 22.4 Å². The molecule has 0 bridgehead atoms. The highest BCUT2D eigenvalue weighted by Crippen LogP contribution is 2.53. The predicted octanol–water partition coefficient (Wildman–Crippen LogP) is 1.08. The van der Waals surface area contributed by atoms with E-state index in [-0.39, 0.29) is 18.4 Å². The molecular formula is C11H12ClNO2. The van der Waals surface area contributed by atoms with E-state index >= 15 is 0 Å². The van der Waals surface area contributed by atoms with Crippen molar-refractivity contribution in [1.29, 1.82) is 0 Å². The highest BCUT2D eigenvalue weighted by molar-refractivity contribution is 6.30. The molecule has 3 nitrogen and oxygen atoms in total. The van der Waals surface area contributed by atoms with Gasteiger partial charge in [-0.05, 0) is 24.1 Å². The second-order valence-corrected chi connectivity index (χ2v) is 4.36. The van der Waals surface area contributed by atoms with E-state index in [1.807, 2.05) is 0 Å². The van der Waals surface area contributed by atoms with E-state index in [1.165, 1.54) is 0 Å². The molecule has 0 saturated heterocycles. The fourth-order valence-corrected chi connectivity index (χ4v) is 2.22. The van der Waals surface area contributed by atoms with E-state index in [2.05, 4.69) is 0 Å². The third-order valence-electron chi connectivity index (χ3n) is 3.12. The SMILES string of the molecule is NC(=O)[C@@]1(c2ccc(Cl)cc2)C[C@@H]1CO. The van der Waals surface area contributed by atoms with Crippen molar-refractivity contribution in [1.82, 2.24) is 0 Å². The van der Waals surface area contributed by atoms with Crippen LogP contribution in [0.2, 0.25) is 5.02 Å². The van der Waals surface area contributed by atoms with Gasteiger partial charge in [-0.25, -0.2) is 0 Å². The Morgan fingerprint density at radius 1 is 1.53 bits per heavy atom. The number of hydrogen-bond donors (Lipinski definition) is 2. The van der Waals surface area contributed by atoms with E-state index in [9.17, 15) is 4.79 Å². The van der Waals surface area contributed by atoms with Crippen molar-refractivity contribution < 1.29 is 9.90 Å². The van der Waals surface area contributed by atoms with Gasteiger partial charge in [0.15, 0.2) is 0 Å². The lowest BCUT2D eigenvalue weighted by atomic mass is 9.93. The molecule has 1 aromatic carbocycles. The molecule has 2 atom stereocenters. The fourth-order valence-electron chi connectivity index (χ4n) is 2.10. The Bertz CT molecular complexity index is 390. The second-order valence-electron chi connectivity index (χ2n) is 3.93. The lowest BCUT2D eigenvalue weighted by molar-refractivity contribution is -0.120. The molecule has 0 heterocycles. The quantitative estimate of drug-likeness (QED) is 0.809. The Hall–Kier alpha value is -1.06. The molecule has 1 aliphatic carbocycles. The first kappa shape index (κ1) is 10.5. The average Bonchev–Trinajstić information content (AvgIpc) is 2.94. The average molecular weight is 226 g/mol. The molecule has 80 valence electrons. The summed E-state index contributed by atoms with van der Waals surface area (Å²) in [6.07, 6.45) is 0.625. The van der Waals surface area contributed by atoms with Crippen LogP contribution in [0, 0.1) is 5.92 Å². The normalized spacial score (nSPS) is 28.8. The van der Waals surface area contributed by atoms with Crippen LogP contribution in [0.1, 0.15) is 12.0 Å². The molecule has 0 spiro atoms. The molecule has 1 amide bonds. The molecule has 1 fully saturated rings. The van der Waals surface area contributed by atoms with Crippen molar-refractivity contribution in [3.63, 3.8) is 0 Å². The first-order chi connectivity index (χ1) is 7.11. The van der Waals surface area contributed by atoms with E-state index in [1.54, 1.807) is 24.3 Å². The van der Waals surface area contributed by atoms with E-state index < -0.39 is 5.41 Å². The first-order valence-electron chi connectivity index (χ1n) is 4.78. The summed E-state index contributed by atoms with van der Waals surface area (Å²) >= 11 is 5.77. The van der Waals surface area contributed by atoms with Gasteiger partial charge in [-0.15, -0.1) is 0 Å². The minimum Gasteiger partial charge on any atom is -0.396 e. The molecule has 0 aliphatic heterocycles. The second kappa shape index (κ2) is 3.51. The number of carbonyl (C=O) groups is 1. The summed E-state index contributed by atoms with van der Waals surface area (Å²) in [6.45, 7) is -0.00837. The third kappa shape index (κ3) is 1.52. The van der Waals surface area contributed by atoms with Gasteiger partial charge in [0.05, 0.1) is 5.41 Å². The first-order valence-corrected chi connectivity index (χ1v) is 5.16. The number of benzene rings is 1. The van der Waals surface area contributed by atoms with Crippen LogP contribution in [0.3, 0.4) is 0 Å². The lowest BCUT2D eigenvalue weighted by Gasteiger charge is -2.13. The van der Waals surface area contributed by atoms with Crippen LogP contribution in [0.5, 0.6) is 0 Å². The van der Waals surface area contributed by atoms with Crippen LogP contribution in [-0.4, -0.2) is 17.6 Å². The van der Waals surface area contributed by atoms with Gasteiger partial charge < -0.3 is 10.8 Å². The van der Waals surface area contributed by atoms with Gasteiger partial charge in [0.1, 0.15) is 0 Å². The minimum absolute atomic E-state index is 0.00837. The number of primary amides is 1. The molecular weight excluding hydrogens is 214 g/mol. The van der Waals surface area contributed by atoms with Gasteiger partial charge in [0.25, 0.3) is 0 Å². The molecule has 0 unspecified atom stereocenters. The Morgan fingerprint density at radius 3 is 2.53 bits per heavy atom. The molecule has 4 heteroatoms. The van der Waals surface area contributed by atoms with Crippen LogP contribution in [0.15, 0.2) is 24.3 Å². The summed E-state index contributed by atoms with van der Waals surface area (Å²) in [5, 5.41) is 9.70. The topological polar surface area (TPSA) is 63.3 Å². The van der Waals surface area contributed by atoms with Crippen LogP contribution in [-0.2, 0) is 10.2 Å². The zero-order chi connectivity index (χ0) is 11.1. The standard InChI is InChI=1S/C11H12ClNO2/c12-9-3-1-7(2-4-9)11(10(13)15)5-8(11)6-14/h1-4,8,14H,5-6H2,(H2,13,15)/t8-,11-/m1/s1. The van der Waals surface area contributed by atoms with Gasteiger partial charge in [-0.2, -0.15) is 0 Å². The van der Waals surface area contributed by atoms with Crippen molar-refractivity contribution in [2.24, 2.45) is 11.7 Å². The number of halogens is 1. The molecule has 0 radical (unpaired) electrons. The van der Waals surface area contributed by atoms with Gasteiger partial charge in [-0.3, -0.25) is 4.79 Å². The predicted molar refractivity (Wildman–Crippen MR) is 57.5 cm³/mol. The molecule has 3 N–H and O–H groups in total. The van der Waals surface area contributed by atoms with Gasteiger partial charge in [0, 0.05) is 17.5 Å². The van der Waals surface area contributed by atoms with E-state index in [0.717, 1.165) is 5.56 Å². The molecule has 1 aromatic rings. The van der Waals surface area contributed by atoms with Gasteiger partial charge in [0.2, 0.25) is 5.91 Å². The summed E-state index contributed by atoms with van der Waals surface area (Å²) in [4.78, 5) is 11.4. The van der Waals surface area contributed by atoms with Crippen LogP contribution >= 0.6 is 11.6 Å². The monoisotopic (exact) mass is 225 g/mol. The number of nitrogens with two attached hydrogens (primary N) is 1. The van der Waals surface area contributed by atoms with E-state index in [0.29, 0.717) is 11.4 Å². The maximum absolute atomic E-state index is 11.4. The maximum atomic E-state index is 11.4. The Morgan fingerprint density at radius 2 is 2.13 bits per heavy atom. The summed E-state index contributed by atoms with van der Waals surface area (Å²) in [5.74, 6) is -0.417. The number of rotatable bonds is 3. The van der Waals surface area contributed by atoms with Gasteiger partial charge >= 0.3 is 0 Å². The molecule has 2 rings (SSSR count). The van der Waals surface area contributed by atoms with Crippen molar-refractivity contribution in [2.45, 2.75) is 11.8 Å². The Kier molecular flexibility index (Phi) is 2.44. The number of carbonyl (C=O) groups excluding carboxylic acids is 1. The van der Waals surface area contributed by atoms with Crippen molar-refractivity contribution >= 4 is 17.5 Å². The maximum Gasteiger partial charge on any atom is 0.228 e. The highest BCUT2D eigenvalue weighted by atomic mass is 35.5. The summed E-state index contributed by atoms with van der Waals surface area (Å²) < 4.78 is 0. The molecule has 0 aromatic heterocycles. The smallest absolute Gasteiger partial charge is 0.228 e. The summed E-state index contributed by atoms with van der Waals surface area (Å²) in [6, 6.07) is 7.05. The summed E-state index contributed by atoms with van der Waals surface area (Å²) in [7, 11) is 0. The lowest BCUT2D eigenvalue weighted by Crippen LogP contribution is -2.31. The highest BCUT2D eigenvalue weighted by Gasteiger charge is 2.59. The number of aliphatic hydroxyl groups excluding tert-OH is 1. The van der Waals surface area contributed by atoms with Crippen molar-refractivity contribution in [3.8, 4) is 0 Å². The number of aliphatic hydroxyl groups is 1. The van der Waals surface area contributed by atoms with Crippen LogP contribution in [0.4, 0.5) is 0 Å². The fraction of sp³-hybridized carbons (Fsp3) is 0.364. The Balaban J connectivity index is 2.36. The van der Waals surface area contributed by atoms with Crippen LogP contribution in [0.25, 0.3) is 0 Å². The van der Waals surface area contributed by atoms with Crippen molar-refractivity contribution in [2.75, 3.05) is 6.61 Å². The minimum atomic E-state index is -0.667. The number of amides is 1. The molecule has 1 aliphatic rings. The molecule has 15 heavy (non-hydrogen) atoms. The van der Waals surface area contributed by atoms with Crippen molar-refractivity contribution in [3.05, 3.63) is 34.9 Å². The Labute approximate surface area is 92.8 Å². The third-order valence-corrected chi connectivity index (χ3v) is 3.38. The largest absolute Gasteiger partial charge is 0.396 e. The van der Waals surface area contributed by atoms with Crippen LogP contribution < -0.4 is 5.73 Å². The summed E-state index contributed by atoms with van der Waals surface area (Å²) in [5.41, 5.74) is 5.56. The molecule has 1 saturated carbocycles. The zero-order valence-corrected chi connectivity index (χ0v) is 8.87. The van der Waals surface area contributed by atoms with Gasteiger partial charge in [-0.1, -0.05) is 23.7 Å².